The average molecular weight is 372 g/mol. The number of ether oxygens (including phenoxy) is 1. The van der Waals surface area contributed by atoms with Crippen molar-refractivity contribution in [1.82, 2.24) is 4.90 Å². The topological polar surface area (TPSA) is 53.0 Å². The van der Waals surface area contributed by atoms with Crippen molar-refractivity contribution < 1.29 is 19.0 Å². The lowest BCUT2D eigenvalue weighted by atomic mass is 10.0. The number of nitrogens with zero attached hydrogens (tertiary/aromatic N) is 2. The van der Waals surface area contributed by atoms with Gasteiger partial charge in [-0.3, -0.25) is 4.90 Å². The number of hydrogen-bond donors (Lipinski definition) is 1. The van der Waals surface area contributed by atoms with Gasteiger partial charge in [-0.25, -0.2) is 9.18 Å². The van der Waals surface area contributed by atoms with Crippen molar-refractivity contribution in [2.45, 2.75) is 25.3 Å². The summed E-state index contributed by atoms with van der Waals surface area (Å²) in [5.41, 5.74) is 1.79. The summed E-state index contributed by atoms with van der Waals surface area (Å²) in [4.78, 5) is 15.6. The zero-order chi connectivity index (χ0) is 19.4. The molecule has 1 saturated heterocycles. The monoisotopic (exact) mass is 372 g/mol. The summed E-state index contributed by atoms with van der Waals surface area (Å²) in [5, 5.41) is 9.83. The van der Waals surface area contributed by atoms with E-state index in [9.17, 15) is 14.3 Å². The summed E-state index contributed by atoms with van der Waals surface area (Å²) >= 11 is 0. The Labute approximate surface area is 159 Å². The predicted octanol–water partition coefficient (Wildman–Crippen LogP) is 4.47. The quantitative estimate of drug-likeness (QED) is 0.813. The maximum absolute atomic E-state index is 13.8. The van der Waals surface area contributed by atoms with Crippen molar-refractivity contribution in [2.75, 3.05) is 32.1 Å². The van der Waals surface area contributed by atoms with Crippen LogP contribution in [-0.4, -0.2) is 49.4 Å². The molecular weight excluding hydrogens is 347 g/mol. The van der Waals surface area contributed by atoms with Gasteiger partial charge in [0.2, 0.25) is 0 Å². The Balaban J connectivity index is 1.95. The van der Waals surface area contributed by atoms with E-state index in [-0.39, 0.29) is 5.82 Å². The van der Waals surface area contributed by atoms with E-state index in [1.807, 2.05) is 0 Å². The molecular formula is C21H25FN2O3. The minimum absolute atomic E-state index is 0.365. The fourth-order valence-electron chi connectivity index (χ4n) is 3.71. The average Bonchev–Trinajstić information content (AvgIpc) is 3.06. The molecule has 1 fully saturated rings. The summed E-state index contributed by atoms with van der Waals surface area (Å²) in [6.45, 7) is 1.44. The fourth-order valence-corrected chi connectivity index (χ4v) is 3.71. The first-order chi connectivity index (χ1) is 13.0. The van der Waals surface area contributed by atoms with Gasteiger partial charge in [0.1, 0.15) is 11.6 Å². The summed E-state index contributed by atoms with van der Waals surface area (Å²) < 4.78 is 19.0. The Morgan fingerprint density at radius 2 is 2.15 bits per heavy atom. The lowest BCUT2D eigenvalue weighted by Crippen LogP contribution is -2.35. The molecule has 0 saturated carbocycles. The van der Waals surface area contributed by atoms with E-state index >= 15 is 0 Å². The van der Waals surface area contributed by atoms with Crippen LogP contribution in [0.1, 0.15) is 19.3 Å². The van der Waals surface area contributed by atoms with Gasteiger partial charge < -0.3 is 14.7 Å². The lowest BCUT2D eigenvalue weighted by molar-refractivity contribution is 0.200. The van der Waals surface area contributed by atoms with Crippen LogP contribution in [0, 0.1) is 5.82 Å². The van der Waals surface area contributed by atoms with Crippen molar-refractivity contribution in [3.8, 4) is 16.9 Å². The first kappa shape index (κ1) is 19.2. The number of rotatable bonds is 6. The molecule has 1 unspecified atom stereocenters. The number of carboxylic acid groups (broad SMARTS) is 1. The van der Waals surface area contributed by atoms with E-state index in [1.165, 1.54) is 17.0 Å². The van der Waals surface area contributed by atoms with E-state index in [4.69, 9.17) is 4.74 Å². The number of anilines is 1. The third-order valence-electron chi connectivity index (χ3n) is 5.22. The molecule has 1 amide bonds. The standard InChI is InChI=1S/C21H25FN2O3/c1-23-11-4-7-17(23)10-12-24(21(25)26)20-9-8-18(27-2)14-19(20)15-5-3-6-16(22)13-15/h3,5-6,8-9,13-14,17H,4,7,10-12H2,1-2H3,(H,25,26). The maximum atomic E-state index is 13.8. The summed E-state index contributed by atoms with van der Waals surface area (Å²) in [6.07, 6.45) is 1.98. The van der Waals surface area contributed by atoms with Gasteiger partial charge in [0.25, 0.3) is 0 Å². The van der Waals surface area contributed by atoms with Crippen molar-refractivity contribution in [3.63, 3.8) is 0 Å². The second-order valence-electron chi connectivity index (χ2n) is 6.89. The first-order valence-corrected chi connectivity index (χ1v) is 9.14. The highest BCUT2D eigenvalue weighted by molar-refractivity contribution is 5.93. The molecule has 1 N–H and O–H groups in total. The number of halogens is 1. The van der Waals surface area contributed by atoms with E-state index in [0.29, 0.717) is 35.2 Å². The van der Waals surface area contributed by atoms with Crippen LogP contribution in [0.25, 0.3) is 11.1 Å². The van der Waals surface area contributed by atoms with Crippen LogP contribution in [0.2, 0.25) is 0 Å². The molecule has 3 rings (SSSR count). The highest BCUT2D eigenvalue weighted by Gasteiger charge is 2.25. The maximum Gasteiger partial charge on any atom is 0.411 e. The van der Waals surface area contributed by atoms with Gasteiger partial charge >= 0.3 is 6.09 Å². The van der Waals surface area contributed by atoms with Gasteiger partial charge in [-0.2, -0.15) is 0 Å². The zero-order valence-corrected chi connectivity index (χ0v) is 15.7. The van der Waals surface area contributed by atoms with Crippen LogP contribution in [0.4, 0.5) is 14.9 Å². The van der Waals surface area contributed by atoms with Crippen LogP contribution in [0.5, 0.6) is 5.75 Å². The lowest BCUT2D eigenvalue weighted by Gasteiger charge is -2.26. The Hall–Kier alpha value is -2.60. The molecule has 2 aromatic rings. The number of benzene rings is 2. The third kappa shape index (κ3) is 4.39. The van der Waals surface area contributed by atoms with Crippen LogP contribution in [0.15, 0.2) is 42.5 Å². The van der Waals surface area contributed by atoms with Crippen LogP contribution >= 0.6 is 0 Å². The molecule has 27 heavy (non-hydrogen) atoms. The van der Waals surface area contributed by atoms with E-state index < -0.39 is 6.09 Å². The van der Waals surface area contributed by atoms with Gasteiger partial charge in [-0.05, 0) is 68.8 Å². The SMILES string of the molecule is COc1ccc(N(CCC2CCCN2C)C(=O)O)c(-c2cccc(F)c2)c1. The van der Waals surface area contributed by atoms with Crippen LogP contribution in [0.3, 0.4) is 0 Å². The van der Waals surface area contributed by atoms with E-state index in [0.717, 1.165) is 25.8 Å². The van der Waals surface area contributed by atoms with Crippen LogP contribution in [-0.2, 0) is 0 Å². The number of hydrogen-bond acceptors (Lipinski definition) is 3. The van der Waals surface area contributed by atoms with E-state index in [2.05, 4.69) is 11.9 Å². The molecule has 6 heteroatoms. The van der Waals surface area contributed by atoms with Gasteiger partial charge in [0, 0.05) is 18.2 Å². The van der Waals surface area contributed by atoms with Gasteiger partial charge in [0.05, 0.1) is 12.8 Å². The molecule has 0 bridgehead atoms. The Morgan fingerprint density at radius 3 is 2.78 bits per heavy atom. The summed E-state index contributed by atoms with van der Waals surface area (Å²) in [7, 11) is 3.63. The van der Waals surface area contributed by atoms with Crippen molar-refractivity contribution in [1.29, 1.82) is 0 Å². The molecule has 144 valence electrons. The largest absolute Gasteiger partial charge is 0.497 e. The summed E-state index contributed by atoms with van der Waals surface area (Å²) in [5.74, 6) is 0.231. The normalized spacial score (nSPS) is 17.1. The Morgan fingerprint density at radius 1 is 1.33 bits per heavy atom. The van der Waals surface area contributed by atoms with E-state index in [1.54, 1.807) is 37.4 Å². The van der Waals surface area contributed by atoms with Crippen molar-refractivity contribution in [2.24, 2.45) is 0 Å². The molecule has 0 aromatic heterocycles. The predicted molar refractivity (Wildman–Crippen MR) is 104 cm³/mol. The highest BCUT2D eigenvalue weighted by atomic mass is 19.1. The summed E-state index contributed by atoms with van der Waals surface area (Å²) in [6, 6.07) is 11.8. The molecule has 0 aliphatic carbocycles. The number of amides is 1. The Bertz CT molecular complexity index is 812. The van der Waals surface area contributed by atoms with Gasteiger partial charge in [0.15, 0.2) is 0 Å². The molecule has 1 atom stereocenters. The highest BCUT2D eigenvalue weighted by Crippen LogP contribution is 2.35. The van der Waals surface area contributed by atoms with Gasteiger partial charge in [-0.1, -0.05) is 12.1 Å². The Kier molecular flexibility index (Phi) is 5.96. The smallest absolute Gasteiger partial charge is 0.411 e. The minimum Gasteiger partial charge on any atom is -0.497 e. The molecule has 1 aliphatic rings. The minimum atomic E-state index is -1.02. The van der Waals surface area contributed by atoms with Crippen molar-refractivity contribution >= 4 is 11.8 Å². The number of carbonyl (C=O) groups is 1. The molecule has 5 nitrogen and oxygen atoms in total. The second-order valence-corrected chi connectivity index (χ2v) is 6.89. The van der Waals surface area contributed by atoms with Crippen LogP contribution < -0.4 is 9.64 Å². The number of likely N-dealkylation sites (tertiary alicyclic amines) is 1. The van der Waals surface area contributed by atoms with Gasteiger partial charge in [-0.15, -0.1) is 0 Å². The zero-order valence-electron chi connectivity index (χ0n) is 15.7. The molecule has 1 aliphatic heterocycles. The third-order valence-corrected chi connectivity index (χ3v) is 5.22. The molecule has 0 spiro atoms. The molecule has 1 heterocycles. The molecule has 0 radical (unpaired) electrons. The molecule has 2 aromatic carbocycles. The van der Waals surface area contributed by atoms with Crippen molar-refractivity contribution in [3.05, 3.63) is 48.3 Å². The fraction of sp³-hybridized carbons (Fsp3) is 0.381. The number of methoxy groups -OCH3 is 1. The first-order valence-electron chi connectivity index (χ1n) is 9.14. The second kappa shape index (κ2) is 8.39.